The Bertz CT molecular complexity index is 240. The van der Waals surface area contributed by atoms with E-state index in [1.807, 2.05) is 20.8 Å². The van der Waals surface area contributed by atoms with Crippen molar-refractivity contribution in [3.8, 4) is 0 Å². The van der Waals surface area contributed by atoms with Crippen LogP contribution in [-0.2, 0) is 18.3 Å². The van der Waals surface area contributed by atoms with Crippen LogP contribution in [0.15, 0.2) is 11.9 Å². The Hall–Kier alpha value is -0.150. The minimum absolute atomic E-state index is 0.103. The average molecular weight is 250 g/mol. The molecule has 0 aliphatic rings. The second kappa shape index (κ2) is 8.02. The largest absolute Gasteiger partial charge is 0.372 e. The maximum Gasteiger partial charge on any atom is 0.353 e. The van der Waals surface area contributed by atoms with Gasteiger partial charge in [-0.3, -0.25) is 4.57 Å². The molecule has 1 unspecified atom stereocenters. The van der Waals surface area contributed by atoms with Gasteiger partial charge >= 0.3 is 7.60 Å². The molecule has 0 aromatic heterocycles. The molecule has 96 valence electrons. The van der Waals surface area contributed by atoms with Gasteiger partial charge in [0.15, 0.2) is 0 Å². The number of rotatable bonds is 8. The van der Waals surface area contributed by atoms with Gasteiger partial charge in [-0.2, -0.15) is 0 Å². The summed E-state index contributed by atoms with van der Waals surface area (Å²) in [6, 6.07) is 0. The van der Waals surface area contributed by atoms with Crippen molar-refractivity contribution in [3.05, 3.63) is 11.9 Å². The molecule has 0 bridgehead atoms. The molecule has 1 atom stereocenters. The molecule has 0 spiro atoms. The molecule has 0 N–H and O–H groups in total. The summed E-state index contributed by atoms with van der Waals surface area (Å²) in [5, 5.41) is 0. The first kappa shape index (κ1) is 15.9. The third-order valence-electron chi connectivity index (χ3n) is 1.64. The van der Waals surface area contributed by atoms with E-state index in [1.54, 1.807) is 19.9 Å². The van der Waals surface area contributed by atoms with E-state index in [1.165, 1.54) is 5.82 Å². The number of hydrogen-bond acceptors (Lipinski definition) is 4. The zero-order valence-electron chi connectivity index (χ0n) is 10.8. The minimum atomic E-state index is -3.08. The Kier molecular flexibility index (Phi) is 7.94. The smallest absolute Gasteiger partial charge is 0.353 e. The van der Waals surface area contributed by atoms with Crippen LogP contribution < -0.4 is 0 Å². The second-order valence-electron chi connectivity index (χ2n) is 3.61. The highest BCUT2D eigenvalue weighted by Gasteiger charge is 2.19. The molecule has 0 amide bonds. The van der Waals surface area contributed by atoms with E-state index >= 15 is 0 Å². The Labute approximate surface area is 98.5 Å². The zero-order valence-corrected chi connectivity index (χ0v) is 11.7. The topological polar surface area (TPSA) is 44.8 Å². The van der Waals surface area contributed by atoms with Crippen LogP contribution in [-0.4, -0.2) is 25.4 Å². The van der Waals surface area contributed by atoms with E-state index in [0.29, 0.717) is 13.2 Å². The third-order valence-corrected chi connectivity index (χ3v) is 3.42. The van der Waals surface area contributed by atoms with Crippen molar-refractivity contribution < 1.29 is 18.3 Å². The summed E-state index contributed by atoms with van der Waals surface area (Å²) in [6.45, 7) is 10.1. The Morgan fingerprint density at radius 2 is 1.62 bits per heavy atom. The van der Waals surface area contributed by atoms with Gasteiger partial charge < -0.3 is 13.8 Å². The lowest BCUT2D eigenvalue weighted by Gasteiger charge is -2.15. The number of ether oxygens (including phenoxy) is 1. The van der Waals surface area contributed by atoms with Gasteiger partial charge in [-0.05, 0) is 40.7 Å². The fourth-order valence-corrected chi connectivity index (χ4v) is 2.60. The molecule has 0 saturated heterocycles. The molecule has 4 nitrogen and oxygen atoms in total. The van der Waals surface area contributed by atoms with E-state index < -0.39 is 7.60 Å². The molecule has 0 aromatic carbocycles. The highest BCUT2D eigenvalue weighted by molar-refractivity contribution is 7.57. The van der Waals surface area contributed by atoms with E-state index in [-0.39, 0.29) is 12.2 Å². The first-order valence-electron chi connectivity index (χ1n) is 5.67. The quantitative estimate of drug-likeness (QED) is 0.618. The fraction of sp³-hybridized carbons (Fsp3) is 0.818. The van der Waals surface area contributed by atoms with Gasteiger partial charge in [-0.1, -0.05) is 0 Å². The van der Waals surface area contributed by atoms with Crippen LogP contribution in [0.5, 0.6) is 0 Å². The standard InChI is InChI=1S/C11H23O4P/c1-6-13-16(12,14-7-2)9-8-11(5)15-10(3)4/h8-11H,6-7H2,1-5H3/b9-8+. The van der Waals surface area contributed by atoms with Gasteiger partial charge in [0.1, 0.15) is 0 Å². The van der Waals surface area contributed by atoms with Gasteiger partial charge in [0.05, 0.1) is 25.4 Å². The summed E-state index contributed by atoms with van der Waals surface area (Å²) in [7, 11) is -3.08. The Morgan fingerprint density at radius 1 is 1.12 bits per heavy atom. The van der Waals surface area contributed by atoms with E-state index in [2.05, 4.69) is 0 Å². The molecule has 0 rings (SSSR count). The lowest BCUT2D eigenvalue weighted by molar-refractivity contribution is 0.0460. The molecule has 0 fully saturated rings. The maximum atomic E-state index is 12.0. The van der Waals surface area contributed by atoms with Crippen LogP contribution in [0.2, 0.25) is 0 Å². The van der Waals surface area contributed by atoms with E-state index in [9.17, 15) is 4.57 Å². The van der Waals surface area contributed by atoms with Gasteiger partial charge in [0.2, 0.25) is 0 Å². The molecule has 0 aliphatic carbocycles. The molecule has 16 heavy (non-hydrogen) atoms. The molecule has 0 aromatic rings. The predicted molar refractivity (Wildman–Crippen MR) is 65.7 cm³/mol. The average Bonchev–Trinajstić information content (AvgIpc) is 2.15. The van der Waals surface area contributed by atoms with Gasteiger partial charge in [-0.25, -0.2) is 0 Å². The highest BCUT2D eigenvalue weighted by Crippen LogP contribution is 2.49. The summed E-state index contributed by atoms with van der Waals surface area (Å²) in [4.78, 5) is 0. The van der Waals surface area contributed by atoms with Gasteiger partial charge in [0, 0.05) is 5.82 Å². The van der Waals surface area contributed by atoms with Crippen molar-refractivity contribution >= 4 is 7.60 Å². The highest BCUT2D eigenvalue weighted by atomic mass is 31.2. The fourth-order valence-electron chi connectivity index (χ4n) is 1.18. The summed E-state index contributed by atoms with van der Waals surface area (Å²) < 4.78 is 27.7. The monoisotopic (exact) mass is 250 g/mol. The number of hydrogen-bond donors (Lipinski definition) is 0. The van der Waals surface area contributed by atoms with E-state index in [0.717, 1.165) is 0 Å². The third kappa shape index (κ3) is 7.18. The van der Waals surface area contributed by atoms with Crippen LogP contribution >= 0.6 is 7.60 Å². The van der Waals surface area contributed by atoms with Gasteiger partial charge in [0.25, 0.3) is 0 Å². The lowest BCUT2D eigenvalue weighted by atomic mass is 10.4. The SMILES string of the molecule is CCOP(=O)(/C=C/C(C)OC(C)C)OCC. The first-order chi connectivity index (χ1) is 7.43. The molecular weight excluding hydrogens is 227 g/mol. The van der Waals surface area contributed by atoms with Gasteiger partial charge in [-0.15, -0.1) is 0 Å². The first-order valence-corrected chi connectivity index (χ1v) is 7.28. The minimum Gasteiger partial charge on any atom is -0.372 e. The molecule has 0 radical (unpaired) electrons. The molecule has 5 heteroatoms. The molecule has 0 aliphatic heterocycles. The van der Waals surface area contributed by atoms with Crippen LogP contribution in [0.25, 0.3) is 0 Å². The van der Waals surface area contributed by atoms with E-state index in [4.69, 9.17) is 13.8 Å². The van der Waals surface area contributed by atoms with Crippen LogP contribution in [0, 0.1) is 0 Å². The molecule has 0 saturated carbocycles. The summed E-state index contributed by atoms with van der Waals surface area (Å²) in [5.74, 6) is 1.48. The van der Waals surface area contributed by atoms with Crippen molar-refractivity contribution in [1.29, 1.82) is 0 Å². The van der Waals surface area contributed by atoms with Crippen LogP contribution in [0.3, 0.4) is 0 Å². The van der Waals surface area contributed by atoms with Crippen LogP contribution in [0.1, 0.15) is 34.6 Å². The van der Waals surface area contributed by atoms with Crippen molar-refractivity contribution in [2.75, 3.05) is 13.2 Å². The zero-order chi connectivity index (χ0) is 12.6. The predicted octanol–water partition coefficient (Wildman–Crippen LogP) is 3.58. The summed E-state index contributed by atoms with van der Waals surface area (Å²) >= 11 is 0. The lowest BCUT2D eigenvalue weighted by Crippen LogP contribution is -2.11. The van der Waals surface area contributed by atoms with Crippen LogP contribution in [0.4, 0.5) is 0 Å². The maximum absolute atomic E-state index is 12.0. The summed E-state index contributed by atoms with van der Waals surface area (Å²) in [5.41, 5.74) is 0. The van der Waals surface area contributed by atoms with Crippen molar-refractivity contribution in [1.82, 2.24) is 0 Å². The Morgan fingerprint density at radius 3 is 2.00 bits per heavy atom. The normalized spacial score (nSPS) is 14.9. The van der Waals surface area contributed by atoms with Crippen molar-refractivity contribution in [2.24, 2.45) is 0 Å². The van der Waals surface area contributed by atoms with Crippen molar-refractivity contribution in [3.63, 3.8) is 0 Å². The Balaban J connectivity index is 4.38. The molecular formula is C11H23O4P. The van der Waals surface area contributed by atoms with Crippen molar-refractivity contribution in [2.45, 2.75) is 46.8 Å². The second-order valence-corrected chi connectivity index (χ2v) is 5.50. The molecule has 0 heterocycles. The summed E-state index contributed by atoms with van der Waals surface area (Å²) in [6.07, 6.45) is 1.75.